The second-order valence-electron chi connectivity index (χ2n) is 7.18. The highest BCUT2D eigenvalue weighted by Crippen LogP contribution is 2.24. The van der Waals surface area contributed by atoms with E-state index in [1.165, 1.54) is 98.2 Å². The summed E-state index contributed by atoms with van der Waals surface area (Å²) in [7, 11) is 0. The maximum Gasteiger partial charge on any atom is 0.0350 e. The molecular weight excluding hydrogens is 405 g/mol. The molecule has 1 aromatic carbocycles. The number of anilines is 1. The fraction of sp³-hybridized carbons (Fsp3) is 0.727. The first-order chi connectivity index (χ1) is 11.7. The van der Waals surface area contributed by atoms with Crippen LogP contribution in [0.3, 0.4) is 0 Å². The lowest BCUT2D eigenvalue weighted by atomic mass is 9.99. The van der Waals surface area contributed by atoms with Crippen LogP contribution in [0.2, 0.25) is 0 Å². The van der Waals surface area contributed by atoms with Crippen LogP contribution in [0.1, 0.15) is 102 Å². The van der Waals surface area contributed by atoms with E-state index >= 15 is 0 Å². The topological polar surface area (TPSA) is 26.0 Å². The van der Waals surface area contributed by atoms with Crippen molar-refractivity contribution in [2.24, 2.45) is 0 Å². The van der Waals surface area contributed by atoms with Gasteiger partial charge in [0.1, 0.15) is 0 Å². The summed E-state index contributed by atoms with van der Waals surface area (Å²) in [6.07, 6.45) is 18.6. The highest BCUT2D eigenvalue weighted by molar-refractivity contribution is 14.1. The molecule has 0 spiro atoms. The number of halogens is 1. The first-order valence-electron chi connectivity index (χ1n) is 10.3. The van der Waals surface area contributed by atoms with Crippen molar-refractivity contribution >= 4 is 28.3 Å². The quantitative estimate of drug-likeness (QED) is 0.178. The van der Waals surface area contributed by atoms with Gasteiger partial charge in [0.25, 0.3) is 0 Å². The molecule has 0 aliphatic carbocycles. The summed E-state index contributed by atoms with van der Waals surface area (Å²) >= 11 is 2.50. The van der Waals surface area contributed by atoms with E-state index in [0.29, 0.717) is 0 Å². The maximum atomic E-state index is 6.32. The van der Waals surface area contributed by atoms with Crippen LogP contribution in [0.15, 0.2) is 12.1 Å². The van der Waals surface area contributed by atoms with Gasteiger partial charge in [-0.2, -0.15) is 0 Å². The van der Waals surface area contributed by atoms with E-state index in [1.54, 1.807) is 0 Å². The number of nitrogen functional groups attached to an aromatic ring is 1. The summed E-state index contributed by atoms with van der Waals surface area (Å²) in [6, 6.07) is 4.59. The highest BCUT2D eigenvalue weighted by atomic mass is 127. The molecule has 1 rings (SSSR count). The summed E-state index contributed by atoms with van der Waals surface area (Å²) in [5.41, 5.74) is 10.2. The number of nitrogens with two attached hydrogens (primary N) is 1. The SMILES string of the molecule is CCCCCCCCc1cc(I)c(CCCCCCCC)cc1N. The molecule has 0 heterocycles. The van der Waals surface area contributed by atoms with Crippen LogP contribution in [0.4, 0.5) is 5.69 Å². The predicted octanol–water partition coefficient (Wildman–Crippen LogP) is 7.68. The summed E-state index contributed by atoms with van der Waals surface area (Å²) in [5, 5.41) is 0. The highest BCUT2D eigenvalue weighted by Gasteiger charge is 2.06. The molecule has 24 heavy (non-hydrogen) atoms. The van der Waals surface area contributed by atoms with Crippen molar-refractivity contribution in [1.82, 2.24) is 0 Å². The number of hydrogen-bond acceptors (Lipinski definition) is 1. The minimum absolute atomic E-state index is 1.02. The van der Waals surface area contributed by atoms with Crippen LogP contribution in [-0.4, -0.2) is 0 Å². The Balaban J connectivity index is 2.33. The number of rotatable bonds is 14. The van der Waals surface area contributed by atoms with Gasteiger partial charge in [-0.1, -0.05) is 78.1 Å². The van der Waals surface area contributed by atoms with Crippen LogP contribution in [-0.2, 0) is 12.8 Å². The Morgan fingerprint density at radius 3 is 1.67 bits per heavy atom. The Morgan fingerprint density at radius 2 is 1.12 bits per heavy atom. The second-order valence-corrected chi connectivity index (χ2v) is 8.34. The minimum atomic E-state index is 1.02. The van der Waals surface area contributed by atoms with Crippen LogP contribution in [0.5, 0.6) is 0 Å². The van der Waals surface area contributed by atoms with Gasteiger partial charge in [0.05, 0.1) is 0 Å². The first kappa shape index (κ1) is 21.8. The fourth-order valence-electron chi connectivity index (χ4n) is 3.28. The zero-order valence-corrected chi connectivity index (χ0v) is 18.2. The summed E-state index contributed by atoms with van der Waals surface area (Å²) in [5.74, 6) is 0. The molecule has 1 aromatic rings. The Bertz CT molecular complexity index is 400. The molecule has 0 aliphatic heterocycles. The van der Waals surface area contributed by atoms with E-state index in [9.17, 15) is 0 Å². The van der Waals surface area contributed by atoms with Gasteiger partial charge in [-0.15, -0.1) is 0 Å². The molecule has 0 unspecified atom stereocenters. The summed E-state index contributed by atoms with van der Waals surface area (Å²) in [6.45, 7) is 4.55. The van der Waals surface area contributed by atoms with Gasteiger partial charge >= 0.3 is 0 Å². The lowest BCUT2D eigenvalue weighted by Crippen LogP contribution is -2.00. The lowest BCUT2D eigenvalue weighted by Gasteiger charge is -2.11. The van der Waals surface area contributed by atoms with Crippen molar-refractivity contribution in [2.45, 2.75) is 104 Å². The molecule has 0 aliphatic rings. The van der Waals surface area contributed by atoms with Crippen molar-refractivity contribution in [3.63, 3.8) is 0 Å². The Labute approximate surface area is 164 Å². The average molecular weight is 443 g/mol. The van der Waals surface area contributed by atoms with Crippen LogP contribution >= 0.6 is 22.6 Å². The van der Waals surface area contributed by atoms with E-state index in [-0.39, 0.29) is 0 Å². The number of hydrogen-bond donors (Lipinski definition) is 1. The molecular formula is C22H38IN. The Kier molecular flexibility index (Phi) is 12.7. The Hall–Kier alpha value is -0.250. The monoisotopic (exact) mass is 443 g/mol. The summed E-state index contributed by atoms with van der Waals surface area (Å²) < 4.78 is 1.41. The molecule has 0 aromatic heterocycles. The van der Waals surface area contributed by atoms with Gasteiger partial charge in [0.15, 0.2) is 0 Å². The average Bonchev–Trinajstić information content (AvgIpc) is 2.57. The van der Waals surface area contributed by atoms with Crippen molar-refractivity contribution in [2.75, 3.05) is 5.73 Å². The molecule has 1 nitrogen and oxygen atoms in total. The van der Waals surface area contributed by atoms with Crippen molar-refractivity contribution < 1.29 is 0 Å². The van der Waals surface area contributed by atoms with Gasteiger partial charge in [-0.05, 0) is 71.5 Å². The number of unbranched alkanes of at least 4 members (excludes halogenated alkanes) is 10. The van der Waals surface area contributed by atoms with E-state index in [4.69, 9.17) is 5.73 Å². The number of aryl methyl sites for hydroxylation is 2. The molecule has 2 heteroatoms. The molecule has 2 N–H and O–H groups in total. The lowest BCUT2D eigenvalue weighted by molar-refractivity contribution is 0.606. The van der Waals surface area contributed by atoms with E-state index < -0.39 is 0 Å². The van der Waals surface area contributed by atoms with E-state index in [2.05, 4.69) is 48.6 Å². The molecule has 0 radical (unpaired) electrons. The minimum Gasteiger partial charge on any atom is -0.398 e. The molecule has 0 amide bonds. The van der Waals surface area contributed by atoms with Crippen molar-refractivity contribution in [3.8, 4) is 0 Å². The molecule has 0 saturated heterocycles. The maximum absolute atomic E-state index is 6.32. The predicted molar refractivity (Wildman–Crippen MR) is 118 cm³/mol. The molecule has 0 fully saturated rings. The normalized spacial score (nSPS) is 11.1. The van der Waals surface area contributed by atoms with Gasteiger partial charge < -0.3 is 5.73 Å². The van der Waals surface area contributed by atoms with Gasteiger partial charge in [-0.3, -0.25) is 0 Å². The first-order valence-corrected chi connectivity index (χ1v) is 11.3. The van der Waals surface area contributed by atoms with Crippen LogP contribution in [0, 0.1) is 3.57 Å². The molecule has 0 bridgehead atoms. The fourth-order valence-corrected chi connectivity index (χ4v) is 4.08. The summed E-state index contributed by atoms with van der Waals surface area (Å²) in [4.78, 5) is 0. The molecule has 138 valence electrons. The second kappa shape index (κ2) is 14.0. The standard InChI is InChI=1S/C22H38IN/c1-3-5-7-9-11-13-15-19-18-22(24)20(17-21(19)23)16-14-12-10-8-6-4-2/h17-18H,3-16,24H2,1-2H3. The smallest absolute Gasteiger partial charge is 0.0350 e. The molecule has 0 atom stereocenters. The van der Waals surface area contributed by atoms with Gasteiger partial charge in [-0.25, -0.2) is 0 Å². The van der Waals surface area contributed by atoms with E-state index in [1.807, 2.05) is 0 Å². The third-order valence-corrected chi connectivity index (χ3v) is 5.91. The van der Waals surface area contributed by atoms with Crippen molar-refractivity contribution in [1.29, 1.82) is 0 Å². The van der Waals surface area contributed by atoms with Crippen LogP contribution < -0.4 is 5.73 Å². The largest absolute Gasteiger partial charge is 0.398 e. The van der Waals surface area contributed by atoms with Crippen LogP contribution in [0.25, 0.3) is 0 Å². The van der Waals surface area contributed by atoms with Crippen molar-refractivity contribution in [3.05, 3.63) is 26.8 Å². The van der Waals surface area contributed by atoms with Gasteiger partial charge in [0.2, 0.25) is 0 Å². The Morgan fingerprint density at radius 1 is 0.667 bits per heavy atom. The zero-order valence-electron chi connectivity index (χ0n) is 16.0. The third kappa shape index (κ3) is 9.29. The van der Waals surface area contributed by atoms with E-state index in [0.717, 1.165) is 12.1 Å². The third-order valence-electron chi connectivity index (χ3n) is 4.91. The molecule has 0 saturated carbocycles. The number of benzene rings is 1. The van der Waals surface area contributed by atoms with Gasteiger partial charge in [0, 0.05) is 9.26 Å². The zero-order chi connectivity index (χ0) is 17.6.